The van der Waals surface area contributed by atoms with E-state index in [4.69, 9.17) is 18.3 Å². The van der Waals surface area contributed by atoms with Crippen LogP contribution in [0.4, 0.5) is 0 Å². The molecule has 2 aromatic carbocycles. The van der Waals surface area contributed by atoms with Crippen LogP contribution in [0.2, 0.25) is 0 Å². The van der Waals surface area contributed by atoms with Gasteiger partial charge in [-0.15, -0.1) is 0 Å². The van der Waals surface area contributed by atoms with E-state index in [2.05, 4.69) is 0 Å². The molecule has 2 aromatic heterocycles. The average molecular weight is 338 g/mol. The van der Waals surface area contributed by atoms with Crippen LogP contribution in [-0.4, -0.2) is 19.3 Å². The molecular formula is C19H14O6. The van der Waals surface area contributed by atoms with Gasteiger partial charge in [-0.05, 0) is 30.3 Å². The van der Waals surface area contributed by atoms with Crippen LogP contribution in [0.1, 0.15) is 0 Å². The van der Waals surface area contributed by atoms with Crippen LogP contribution in [0, 0.1) is 0 Å². The number of aromatic hydroxyl groups is 1. The summed E-state index contributed by atoms with van der Waals surface area (Å²) in [5, 5.41) is 11.0. The summed E-state index contributed by atoms with van der Waals surface area (Å²) in [5.41, 5.74) is 1.17. The first-order valence-corrected chi connectivity index (χ1v) is 7.52. The summed E-state index contributed by atoms with van der Waals surface area (Å²) >= 11 is 0. The van der Waals surface area contributed by atoms with Crippen LogP contribution in [-0.2, 0) is 0 Å². The van der Waals surface area contributed by atoms with Gasteiger partial charge in [0.1, 0.15) is 22.7 Å². The normalized spacial score (nSPS) is 11.1. The van der Waals surface area contributed by atoms with Crippen molar-refractivity contribution in [3.8, 4) is 28.6 Å². The van der Waals surface area contributed by atoms with Crippen molar-refractivity contribution in [2.24, 2.45) is 0 Å². The number of furan rings is 1. The van der Waals surface area contributed by atoms with Gasteiger partial charge in [-0.25, -0.2) is 0 Å². The van der Waals surface area contributed by atoms with Crippen LogP contribution in [0.25, 0.3) is 33.3 Å². The summed E-state index contributed by atoms with van der Waals surface area (Å²) < 4.78 is 21.9. The Morgan fingerprint density at radius 1 is 1.00 bits per heavy atom. The molecule has 0 saturated heterocycles. The third-order valence-electron chi connectivity index (χ3n) is 4.04. The maximum Gasteiger partial charge on any atom is 0.235 e. The summed E-state index contributed by atoms with van der Waals surface area (Å²) in [6.45, 7) is 0. The summed E-state index contributed by atoms with van der Waals surface area (Å²) in [6.07, 6.45) is 1.53. The standard InChI is InChI=1S/C19H14O6/c1-22-12-8-10(7-11(20)9-12)17-19(23-2)16(21)14-3-4-15-13(5-6-24-15)18(14)25-17/h3-9,20H,1-2H3. The molecule has 0 saturated carbocycles. The quantitative estimate of drug-likeness (QED) is 0.609. The first kappa shape index (κ1) is 15.1. The lowest BCUT2D eigenvalue weighted by Gasteiger charge is -2.11. The van der Waals surface area contributed by atoms with Gasteiger partial charge in [0.2, 0.25) is 11.2 Å². The van der Waals surface area contributed by atoms with E-state index in [1.54, 1.807) is 24.3 Å². The van der Waals surface area contributed by atoms with E-state index in [0.717, 1.165) is 0 Å². The Morgan fingerprint density at radius 2 is 1.84 bits per heavy atom. The fourth-order valence-electron chi connectivity index (χ4n) is 2.89. The van der Waals surface area contributed by atoms with Gasteiger partial charge in [0.25, 0.3) is 0 Å². The highest BCUT2D eigenvalue weighted by Crippen LogP contribution is 2.37. The highest BCUT2D eigenvalue weighted by atomic mass is 16.5. The topological polar surface area (TPSA) is 82.0 Å². The van der Waals surface area contributed by atoms with Crippen molar-refractivity contribution >= 4 is 21.9 Å². The maximum atomic E-state index is 12.8. The molecule has 2 heterocycles. The lowest BCUT2D eigenvalue weighted by molar-refractivity contribution is 0.397. The average Bonchev–Trinajstić information content (AvgIpc) is 3.10. The second-order valence-corrected chi connectivity index (χ2v) is 5.49. The number of fused-ring (bicyclic) bond motifs is 3. The number of phenolic OH excluding ortho intramolecular Hbond substituents is 1. The van der Waals surface area contributed by atoms with Gasteiger partial charge in [-0.2, -0.15) is 0 Å². The Kier molecular flexibility index (Phi) is 3.39. The summed E-state index contributed by atoms with van der Waals surface area (Å²) in [4.78, 5) is 12.8. The van der Waals surface area contributed by atoms with Crippen LogP contribution in [0.15, 0.2) is 56.3 Å². The molecule has 4 rings (SSSR count). The molecule has 6 heteroatoms. The first-order valence-electron chi connectivity index (χ1n) is 7.52. The molecule has 0 bridgehead atoms. The Labute approximate surface area is 141 Å². The van der Waals surface area contributed by atoms with Crippen molar-refractivity contribution < 1.29 is 23.4 Å². The second kappa shape index (κ2) is 5.59. The molecular weight excluding hydrogens is 324 g/mol. The molecule has 6 nitrogen and oxygen atoms in total. The molecule has 126 valence electrons. The Morgan fingerprint density at radius 3 is 2.60 bits per heavy atom. The van der Waals surface area contributed by atoms with Crippen molar-refractivity contribution in [1.82, 2.24) is 0 Å². The van der Waals surface area contributed by atoms with E-state index in [-0.39, 0.29) is 22.7 Å². The monoisotopic (exact) mass is 338 g/mol. The van der Waals surface area contributed by atoms with Gasteiger partial charge in [-0.3, -0.25) is 4.79 Å². The minimum atomic E-state index is -0.302. The number of methoxy groups -OCH3 is 2. The number of hydrogen-bond donors (Lipinski definition) is 1. The van der Waals surface area contributed by atoms with E-state index >= 15 is 0 Å². The van der Waals surface area contributed by atoms with E-state index in [0.29, 0.717) is 33.3 Å². The van der Waals surface area contributed by atoms with Crippen molar-refractivity contribution in [1.29, 1.82) is 0 Å². The zero-order valence-corrected chi connectivity index (χ0v) is 13.5. The highest BCUT2D eigenvalue weighted by molar-refractivity contribution is 6.02. The molecule has 0 unspecified atom stereocenters. The molecule has 0 radical (unpaired) electrons. The maximum absolute atomic E-state index is 12.8. The number of benzene rings is 2. The Balaban J connectivity index is 2.12. The zero-order chi connectivity index (χ0) is 17.6. The molecule has 4 aromatic rings. The van der Waals surface area contributed by atoms with Gasteiger partial charge in [0, 0.05) is 11.6 Å². The third kappa shape index (κ3) is 2.30. The third-order valence-corrected chi connectivity index (χ3v) is 4.04. The van der Waals surface area contributed by atoms with Gasteiger partial charge < -0.3 is 23.4 Å². The largest absolute Gasteiger partial charge is 0.508 e. The van der Waals surface area contributed by atoms with E-state index in [9.17, 15) is 9.90 Å². The highest BCUT2D eigenvalue weighted by Gasteiger charge is 2.20. The smallest absolute Gasteiger partial charge is 0.235 e. The molecule has 0 aliphatic carbocycles. The fourth-order valence-corrected chi connectivity index (χ4v) is 2.89. The van der Waals surface area contributed by atoms with Crippen LogP contribution >= 0.6 is 0 Å². The molecule has 0 spiro atoms. The molecule has 1 N–H and O–H groups in total. The van der Waals surface area contributed by atoms with Crippen molar-refractivity contribution in [3.63, 3.8) is 0 Å². The van der Waals surface area contributed by atoms with Crippen molar-refractivity contribution in [2.45, 2.75) is 0 Å². The van der Waals surface area contributed by atoms with Crippen molar-refractivity contribution in [3.05, 3.63) is 52.9 Å². The van der Waals surface area contributed by atoms with Crippen LogP contribution < -0.4 is 14.9 Å². The minimum absolute atomic E-state index is 0.0133. The summed E-state index contributed by atoms with van der Waals surface area (Å²) in [6, 6.07) is 9.68. The SMILES string of the molecule is COc1cc(O)cc(-c2oc3c(ccc4occc43)c(=O)c2OC)c1. The minimum Gasteiger partial charge on any atom is -0.508 e. The number of rotatable bonds is 3. The molecule has 25 heavy (non-hydrogen) atoms. The predicted octanol–water partition coefficient (Wildman–Crippen LogP) is 3.93. The summed E-state index contributed by atoms with van der Waals surface area (Å²) in [7, 11) is 2.89. The molecule has 0 aliphatic rings. The Bertz CT molecular complexity index is 1150. The number of hydrogen-bond acceptors (Lipinski definition) is 6. The number of phenols is 1. The summed E-state index contributed by atoms with van der Waals surface area (Å²) in [5.74, 6) is 0.688. The molecule has 0 aliphatic heterocycles. The Hall–Kier alpha value is -3.41. The van der Waals surface area contributed by atoms with E-state index < -0.39 is 0 Å². The van der Waals surface area contributed by atoms with E-state index in [1.807, 2.05) is 0 Å². The second-order valence-electron chi connectivity index (χ2n) is 5.49. The van der Waals surface area contributed by atoms with Gasteiger partial charge >= 0.3 is 0 Å². The van der Waals surface area contributed by atoms with Gasteiger partial charge in [0.15, 0.2) is 5.76 Å². The molecule has 0 fully saturated rings. The van der Waals surface area contributed by atoms with Crippen LogP contribution in [0.3, 0.4) is 0 Å². The zero-order valence-electron chi connectivity index (χ0n) is 13.5. The number of ether oxygens (including phenoxy) is 2. The fraction of sp³-hybridized carbons (Fsp3) is 0.105. The van der Waals surface area contributed by atoms with E-state index in [1.165, 1.54) is 32.6 Å². The van der Waals surface area contributed by atoms with Crippen molar-refractivity contribution in [2.75, 3.05) is 14.2 Å². The van der Waals surface area contributed by atoms with Crippen LogP contribution in [0.5, 0.6) is 17.2 Å². The molecule has 0 amide bonds. The lowest BCUT2D eigenvalue weighted by Crippen LogP contribution is -2.07. The predicted molar refractivity (Wildman–Crippen MR) is 92.5 cm³/mol. The van der Waals surface area contributed by atoms with Gasteiger partial charge in [-0.1, -0.05) is 0 Å². The van der Waals surface area contributed by atoms with Gasteiger partial charge in [0.05, 0.1) is 31.3 Å². The first-order chi connectivity index (χ1) is 12.1. The molecule has 0 atom stereocenters. The lowest BCUT2D eigenvalue weighted by atomic mass is 10.1.